The summed E-state index contributed by atoms with van der Waals surface area (Å²) in [5.41, 5.74) is 7.59. The summed E-state index contributed by atoms with van der Waals surface area (Å²) in [6.07, 6.45) is 4.51. The van der Waals surface area contributed by atoms with E-state index in [1.165, 1.54) is 0 Å². The number of nitrogens with two attached hydrogens (primary N) is 1. The Morgan fingerprint density at radius 1 is 1.05 bits per heavy atom. The molecule has 3 aromatic rings. The van der Waals surface area contributed by atoms with Crippen molar-refractivity contribution in [2.24, 2.45) is 5.73 Å². The summed E-state index contributed by atoms with van der Waals surface area (Å²) in [7, 11) is 3.59. The number of ether oxygens (including phenoxy) is 1. The van der Waals surface area contributed by atoms with Gasteiger partial charge in [0.05, 0.1) is 6.61 Å². The van der Waals surface area contributed by atoms with Gasteiger partial charge < -0.3 is 31.1 Å². The van der Waals surface area contributed by atoms with Gasteiger partial charge in [0.2, 0.25) is 0 Å². The second-order valence-electron chi connectivity index (χ2n) is 8.84. The molecule has 37 heavy (non-hydrogen) atoms. The van der Waals surface area contributed by atoms with Gasteiger partial charge in [0, 0.05) is 42.7 Å². The normalized spacial score (nSPS) is 11.5. The molecular formula is C28H36N6O3. The van der Waals surface area contributed by atoms with Gasteiger partial charge in [0.15, 0.2) is 6.23 Å². The molecule has 1 atom stereocenters. The summed E-state index contributed by atoms with van der Waals surface area (Å²) in [5, 5.41) is 24.9. The Morgan fingerprint density at radius 3 is 2.46 bits per heavy atom. The van der Waals surface area contributed by atoms with Gasteiger partial charge in [-0.15, -0.1) is 0 Å². The Morgan fingerprint density at radius 2 is 1.78 bits per heavy atom. The van der Waals surface area contributed by atoms with Crippen LogP contribution in [0.4, 0.5) is 11.5 Å². The zero-order chi connectivity index (χ0) is 26.6. The van der Waals surface area contributed by atoms with Gasteiger partial charge in [0.25, 0.3) is 5.91 Å². The maximum Gasteiger partial charge on any atom is 0.255 e. The van der Waals surface area contributed by atoms with Crippen LogP contribution in [0.2, 0.25) is 0 Å². The second-order valence-corrected chi connectivity index (χ2v) is 8.84. The number of hydrogen-bond donors (Lipinski definition) is 5. The number of carbonyl (C=O) groups is 1. The maximum absolute atomic E-state index is 13.0. The topological polar surface area (TPSA) is 137 Å². The second kappa shape index (κ2) is 14.0. The number of unbranched alkanes of at least 4 members (excludes halogenated alkanes) is 3. The fourth-order valence-corrected chi connectivity index (χ4v) is 3.66. The molecule has 0 radical (unpaired) electrons. The molecule has 1 aromatic heterocycles. The van der Waals surface area contributed by atoms with Crippen molar-refractivity contribution in [3.05, 3.63) is 83.6 Å². The summed E-state index contributed by atoms with van der Waals surface area (Å²) in [5.74, 6) is 1.12. The van der Waals surface area contributed by atoms with Crippen LogP contribution >= 0.6 is 0 Å². The Labute approximate surface area is 218 Å². The number of aliphatic hydroxyl groups excluding tert-OH is 1. The van der Waals surface area contributed by atoms with Gasteiger partial charge in [0.1, 0.15) is 17.4 Å². The molecule has 0 bridgehead atoms. The number of benzene rings is 2. The van der Waals surface area contributed by atoms with Crippen LogP contribution < -0.4 is 21.1 Å². The van der Waals surface area contributed by atoms with Crippen molar-refractivity contribution in [1.82, 2.24) is 9.88 Å². The first-order valence-electron chi connectivity index (χ1n) is 12.4. The van der Waals surface area contributed by atoms with E-state index >= 15 is 0 Å². The number of aliphatic hydroxyl groups is 1. The molecule has 9 heteroatoms. The highest BCUT2D eigenvalue weighted by molar-refractivity contribution is 6.05. The van der Waals surface area contributed by atoms with Crippen LogP contribution in [0.5, 0.6) is 5.75 Å². The highest BCUT2D eigenvalue weighted by Crippen LogP contribution is 2.29. The molecule has 0 saturated carbocycles. The molecule has 196 valence electrons. The Balaban J connectivity index is 1.76. The number of aromatic nitrogens is 1. The van der Waals surface area contributed by atoms with Gasteiger partial charge in [-0.3, -0.25) is 10.2 Å². The van der Waals surface area contributed by atoms with Crippen LogP contribution in [0.15, 0.2) is 66.9 Å². The van der Waals surface area contributed by atoms with Gasteiger partial charge in [-0.1, -0.05) is 31.0 Å². The molecule has 1 heterocycles. The average molecular weight is 505 g/mol. The quantitative estimate of drug-likeness (QED) is 0.102. The summed E-state index contributed by atoms with van der Waals surface area (Å²) in [4.78, 5) is 18.9. The maximum atomic E-state index is 13.0. The average Bonchev–Trinajstić information content (AvgIpc) is 2.91. The van der Waals surface area contributed by atoms with E-state index in [0.717, 1.165) is 25.7 Å². The van der Waals surface area contributed by atoms with Gasteiger partial charge in [-0.2, -0.15) is 0 Å². The molecule has 0 aliphatic heterocycles. The summed E-state index contributed by atoms with van der Waals surface area (Å²) in [6.45, 7) is 1.25. The minimum atomic E-state index is -1.14. The number of hydrogen-bond acceptors (Lipinski definition) is 7. The van der Waals surface area contributed by atoms with Crippen molar-refractivity contribution in [2.75, 3.05) is 37.9 Å². The van der Waals surface area contributed by atoms with Gasteiger partial charge in [-0.25, -0.2) is 4.98 Å². The van der Waals surface area contributed by atoms with E-state index < -0.39 is 6.23 Å². The van der Waals surface area contributed by atoms with Gasteiger partial charge in [-0.05, 0) is 61.9 Å². The lowest BCUT2D eigenvalue weighted by Crippen LogP contribution is -2.22. The molecule has 3 rings (SSSR count). The third-order valence-corrected chi connectivity index (χ3v) is 5.75. The van der Waals surface area contributed by atoms with Crippen molar-refractivity contribution in [3.8, 4) is 5.75 Å². The molecule has 1 unspecified atom stereocenters. The lowest BCUT2D eigenvalue weighted by molar-refractivity contribution is 0.102. The highest BCUT2D eigenvalue weighted by Gasteiger charge is 2.17. The molecule has 2 aromatic carbocycles. The Bertz CT molecular complexity index is 1150. The zero-order valence-corrected chi connectivity index (χ0v) is 21.4. The van der Waals surface area contributed by atoms with E-state index in [4.69, 9.17) is 15.9 Å². The lowest BCUT2D eigenvalue weighted by Gasteiger charge is -2.19. The van der Waals surface area contributed by atoms with Crippen LogP contribution in [0, 0.1) is 5.41 Å². The first-order valence-corrected chi connectivity index (χ1v) is 12.4. The fraction of sp³-hybridized carbons (Fsp3) is 0.321. The van der Waals surface area contributed by atoms with E-state index in [-0.39, 0.29) is 5.91 Å². The smallest absolute Gasteiger partial charge is 0.255 e. The van der Waals surface area contributed by atoms with Crippen molar-refractivity contribution < 1.29 is 14.6 Å². The number of anilines is 2. The minimum Gasteiger partial charge on any atom is -0.494 e. The standard InChI is InChI=1S/C28H36N6O3/c1-34(2)26(30)20-10-12-21(13-11-20)27(35)32-24-15-14-22(37-18-8-4-3-6-16-29)19-23(24)28(36)33-25-9-5-7-17-31-25/h5,7,9-15,17,19,28,30,36H,3-4,6,8,16,18,29H2,1-2H3,(H,31,33)(H,32,35). The molecule has 9 nitrogen and oxygen atoms in total. The minimum absolute atomic E-state index is 0.331. The van der Waals surface area contributed by atoms with Crippen LogP contribution in [-0.4, -0.2) is 54.0 Å². The number of amidine groups is 1. The zero-order valence-electron chi connectivity index (χ0n) is 21.4. The predicted molar refractivity (Wildman–Crippen MR) is 147 cm³/mol. The molecule has 0 fully saturated rings. The molecule has 0 aliphatic rings. The molecule has 0 aliphatic carbocycles. The molecule has 1 amide bonds. The summed E-state index contributed by atoms with van der Waals surface area (Å²) < 4.78 is 5.90. The van der Waals surface area contributed by atoms with Gasteiger partial charge >= 0.3 is 0 Å². The third-order valence-electron chi connectivity index (χ3n) is 5.75. The number of amides is 1. The summed E-state index contributed by atoms with van der Waals surface area (Å²) >= 11 is 0. The van der Waals surface area contributed by atoms with Crippen LogP contribution in [0.1, 0.15) is 53.4 Å². The van der Waals surface area contributed by atoms with Crippen molar-refractivity contribution in [3.63, 3.8) is 0 Å². The highest BCUT2D eigenvalue weighted by atomic mass is 16.5. The Hall–Kier alpha value is -3.95. The molecular weight excluding hydrogens is 468 g/mol. The molecule has 0 saturated heterocycles. The first kappa shape index (κ1) is 27.6. The van der Waals surface area contributed by atoms with Crippen molar-refractivity contribution in [1.29, 1.82) is 5.41 Å². The van der Waals surface area contributed by atoms with E-state index in [0.29, 0.717) is 52.9 Å². The SMILES string of the molecule is CN(C)C(=N)c1ccc(C(=O)Nc2ccc(OCCCCCCN)cc2C(O)Nc2ccccn2)cc1. The molecule has 6 N–H and O–H groups in total. The number of carbonyl (C=O) groups excluding carboxylic acids is 1. The van der Waals surface area contributed by atoms with Crippen LogP contribution in [0.25, 0.3) is 0 Å². The largest absolute Gasteiger partial charge is 0.494 e. The lowest BCUT2D eigenvalue weighted by atomic mass is 10.1. The summed E-state index contributed by atoms with van der Waals surface area (Å²) in [6, 6.07) is 17.4. The van der Waals surface area contributed by atoms with Crippen LogP contribution in [0.3, 0.4) is 0 Å². The number of nitrogens with zero attached hydrogens (tertiary/aromatic N) is 2. The van der Waals surface area contributed by atoms with E-state index in [1.807, 2.05) is 6.07 Å². The third kappa shape index (κ3) is 8.30. The number of nitrogens with one attached hydrogen (secondary N) is 3. The monoisotopic (exact) mass is 504 g/mol. The number of rotatable bonds is 13. The first-order chi connectivity index (χ1) is 17.9. The van der Waals surface area contributed by atoms with E-state index in [9.17, 15) is 9.90 Å². The fourth-order valence-electron chi connectivity index (χ4n) is 3.66. The van der Waals surface area contributed by atoms with Crippen molar-refractivity contribution in [2.45, 2.75) is 31.9 Å². The Kier molecular flexibility index (Phi) is 10.4. The van der Waals surface area contributed by atoms with Crippen LogP contribution in [-0.2, 0) is 0 Å². The predicted octanol–water partition coefficient (Wildman–Crippen LogP) is 4.22. The van der Waals surface area contributed by atoms with E-state index in [1.54, 1.807) is 79.8 Å². The number of pyridine rings is 1. The van der Waals surface area contributed by atoms with E-state index in [2.05, 4.69) is 15.6 Å². The van der Waals surface area contributed by atoms with Crippen molar-refractivity contribution >= 4 is 23.2 Å². The molecule has 0 spiro atoms.